The fraction of sp³-hybridized carbons (Fsp3) is 0.588. The highest BCUT2D eigenvalue weighted by molar-refractivity contribution is 5.81. The summed E-state index contributed by atoms with van der Waals surface area (Å²) >= 11 is 0. The maximum absolute atomic E-state index is 12.0. The molecule has 4 N–H and O–H groups in total. The van der Waals surface area contributed by atoms with E-state index in [1.807, 2.05) is 31.2 Å². The van der Waals surface area contributed by atoms with Crippen molar-refractivity contribution >= 4 is 11.6 Å². The van der Waals surface area contributed by atoms with Gasteiger partial charge >= 0.3 is 0 Å². The minimum atomic E-state index is -0.469. The summed E-state index contributed by atoms with van der Waals surface area (Å²) < 4.78 is 5.11. The van der Waals surface area contributed by atoms with Gasteiger partial charge in [-0.15, -0.1) is 0 Å². The smallest absolute Gasteiger partial charge is 0.237 e. The minimum absolute atomic E-state index is 0.000574. The molecule has 0 unspecified atom stereocenters. The molecule has 0 saturated heterocycles. The van der Waals surface area contributed by atoms with E-state index in [1.54, 1.807) is 7.11 Å². The zero-order chi connectivity index (χ0) is 16.8. The number of nitrogens with one attached hydrogen (secondary N) is 2. The molecule has 1 aromatic carbocycles. The van der Waals surface area contributed by atoms with Crippen molar-refractivity contribution in [2.24, 2.45) is 11.1 Å². The number of amides is 1. The highest BCUT2D eigenvalue weighted by atomic mass is 16.5. The number of hydrogen-bond donors (Lipinski definition) is 3. The SMILES string of the molecule is COc1ccc(NC[C@H](C)NC(=O)[C@@H](N)CC(C)(C)C)cc1. The van der Waals surface area contributed by atoms with E-state index in [4.69, 9.17) is 10.5 Å². The molecule has 1 aromatic rings. The highest BCUT2D eigenvalue weighted by Crippen LogP contribution is 2.20. The Morgan fingerprint density at radius 3 is 2.36 bits per heavy atom. The largest absolute Gasteiger partial charge is 0.497 e. The fourth-order valence-electron chi connectivity index (χ4n) is 2.13. The number of methoxy groups -OCH3 is 1. The van der Waals surface area contributed by atoms with E-state index in [2.05, 4.69) is 31.4 Å². The lowest BCUT2D eigenvalue weighted by molar-refractivity contribution is -0.123. The molecular formula is C17H29N3O2. The predicted octanol–water partition coefficient (Wildman–Crippen LogP) is 2.38. The standard InChI is InChI=1S/C17H29N3O2/c1-12(20-16(21)15(18)10-17(2,3)4)11-19-13-6-8-14(22-5)9-7-13/h6-9,12,15,19H,10-11,18H2,1-5H3,(H,20,21)/t12-,15-/m0/s1. The third kappa shape index (κ3) is 6.80. The molecule has 124 valence electrons. The Morgan fingerprint density at radius 1 is 1.27 bits per heavy atom. The summed E-state index contributed by atoms with van der Waals surface area (Å²) in [7, 11) is 1.64. The van der Waals surface area contributed by atoms with Crippen LogP contribution >= 0.6 is 0 Å². The summed E-state index contributed by atoms with van der Waals surface area (Å²) in [6.45, 7) is 8.83. The second-order valence-electron chi connectivity index (χ2n) is 6.89. The minimum Gasteiger partial charge on any atom is -0.497 e. The summed E-state index contributed by atoms with van der Waals surface area (Å²) in [6, 6.07) is 7.21. The van der Waals surface area contributed by atoms with Gasteiger partial charge in [0.2, 0.25) is 5.91 Å². The van der Waals surface area contributed by atoms with Gasteiger partial charge in [0.05, 0.1) is 13.2 Å². The first-order valence-corrected chi connectivity index (χ1v) is 7.65. The first-order chi connectivity index (χ1) is 10.2. The normalized spacial score (nSPS) is 14.1. The van der Waals surface area contributed by atoms with Crippen molar-refractivity contribution in [2.45, 2.75) is 46.2 Å². The summed E-state index contributed by atoms with van der Waals surface area (Å²) in [6.07, 6.45) is 0.664. The molecule has 5 heteroatoms. The first kappa shape index (κ1) is 18.3. The predicted molar refractivity (Wildman–Crippen MR) is 91.1 cm³/mol. The van der Waals surface area contributed by atoms with Crippen molar-refractivity contribution in [2.75, 3.05) is 19.0 Å². The van der Waals surface area contributed by atoms with Crippen LogP contribution in [0.15, 0.2) is 24.3 Å². The van der Waals surface area contributed by atoms with Crippen LogP contribution in [0.25, 0.3) is 0 Å². The first-order valence-electron chi connectivity index (χ1n) is 7.65. The number of carbonyl (C=O) groups excluding carboxylic acids is 1. The van der Waals surface area contributed by atoms with Gasteiger partial charge in [-0.25, -0.2) is 0 Å². The fourth-order valence-corrected chi connectivity index (χ4v) is 2.13. The van der Waals surface area contributed by atoms with Gasteiger partial charge in [0, 0.05) is 18.3 Å². The molecule has 1 amide bonds. The molecule has 0 bridgehead atoms. The molecule has 2 atom stereocenters. The topological polar surface area (TPSA) is 76.4 Å². The maximum Gasteiger partial charge on any atom is 0.237 e. The van der Waals surface area contributed by atoms with Gasteiger partial charge in [0.25, 0.3) is 0 Å². The van der Waals surface area contributed by atoms with Gasteiger partial charge < -0.3 is 21.1 Å². The molecule has 0 saturated carbocycles. The summed E-state index contributed by atoms with van der Waals surface area (Å²) in [5, 5.41) is 6.22. The van der Waals surface area contributed by atoms with Crippen LogP contribution in [0.3, 0.4) is 0 Å². The van der Waals surface area contributed by atoms with Crippen LogP contribution < -0.4 is 21.1 Å². The van der Waals surface area contributed by atoms with Crippen molar-refractivity contribution in [1.29, 1.82) is 0 Å². The van der Waals surface area contributed by atoms with Gasteiger partial charge in [-0.2, -0.15) is 0 Å². The number of rotatable bonds is 7. The molecule has 0 radical (unpaired) electrons. The van der Waals surface area contributed by atoms with Gasteiger partial charge in [0.15, 0.2) is 0 Å². The van der Waals surface area contributed by atoms with Crippen LogP contribution in [0.5, 0.6) is 5.75 Å². The Kier molecular flexibility index (Phi) is 6.68. The Hall–Kier alpha value is -1.75. The number of ether oxygens (including phenoxy) is 1. The lowest BCUT2D eigenvalue weighted by Crippen LogP contribution is -2.47. The molecule has 0 spiro atoms. The van der Waals surface area contributed by atoms with Gasteiger partial charge in [0.1, 0.15) is 5.75 Å². The molecule has 0 fully saturated rings. The summed E-state index contributed by atoms with van der Waals surface area (Å²) in [4.78, 5) is 12.0. The van der Waals surface area contributed by atoms with Crippen LogP contribution in [-0.4, -0.2) is 31.6 Å². The molecule has 1 rings (SSSR count). The molecule has 0 heterocycles. The Balaban J connectivity index is 2.38. The van der Waals surface area contributed by atoms with E-state index < -0.39 is 6.04 Å². The van der Waals surface area contributed by atoms with Crippen molar-refractivity contribution in [3.05, 3.63) is 24.3 Å². The monoisotopic (exact) mass is 307 g/mol. The van der Waals surface area contributed by atoms with E-state index in [1.165, 1.54) is 0 Å². The van der Waals surface area contributed by atoms with Crippen molar-refractivity contribution in [1.82, 2.24) is 5.32 Å². The van der Waals surface area contributed by atoms with Crippen molar-refractivity contribution in [3.63, 3.8) is 0 Å². The number of anilines is 1. The Morgan fingerprint density at radius 2 is 1.86 bits per heavy atom. The quantitative estimate of drug-likeness (QED) is 0.723. The zero-order valence-electron chi connectivity index (χ0n) is 14.3. The second kappa shape index (κ2) is 8.03. The lowest BCUT2D eigenvalue weighted by atomic mass is 9.88. The third-order valence-electron chi connectivity index (χ3n) is 3.26. The maximum atomic E-state index is 12.0. The molecule has 0 aliphatic heterocycles. The van der Waals surface area contributed by atoms with Crippen molar-refractivity contribution in [3.8, 4) is 5.75 Å². The Bertz CT molecular complexity index is 466. The van der Waals surface area contributed by atoms with E-state index in [0.29, 0.717) is 13.0 Å². The van der Waals surface area contributed by atoms with E-state index in [-0.39, 0.29) is 17.4 Å². The van der Waals surface area contributed by atoms with Gasteiger partial charge in [-0.05, 0) is 43.0 Å². The van der Waals surface area contributed by atoms with E-state index in [9.17, 15) is 4.79 Å². The molecule has 0 aliphatic carbocycles. The molecular weight excluding hydrogens is 278 g/mol. The molecule has 22 heavy (non-hydrogen) atoms. The molecule has 0 aromatic heterocycles. The zero-order valence-corrected chi connectivity index (χ0v) is 14.3. The summed E-state index contributed by atoms with van der Waals surface area (Å²) in [5.74, 6) is 0.721. The Labute approximate surface area is 133 Å². The van der Waals surface area contributed by atoms with Crippen LogP contribution in [0.4, 0.5) is 5.69 Å². The second-order valence-corrected chi connectivity index (χ2v) is 6.89. The van der Waals surface area contributed by atoms with Crippen molar-refractivity contribution < 1.29 is 9.53 Å². The number of carbonyl (C=O) groups is 1. The third-order valence-corrected chi connectivity index (χ3v) is 3.26. The number of hydrogen-bond acceptors (Lipinski definition) is 4. The van der Waals surface area contributed by atoms with Crippen LogP contribution in [0.1, 0.15) is 34.1 Å². The molecule has 0 aliphatic rings. The lowest BCUT2D eigenvalue weighted by Gasteiger charge is -2.24. The van der Waals surface area contributed by atoms with E-state index in [0.717, 1.165) is 11.4 Å². The van der Waals surface area contributed by atoms with Gasteiger partial charge in [-0.3, -0.25) is 4.79 Å². The average Bonchev–Trinajstić information content (AvgIpc) is 2.43. The van der Waals surface area contributed by atoms with E-state index >= 15 is 0 Å². The van der Waals surface area contributed by atoms with Crippen LogP contribution in [-0.2, 0) is 4.79 Å². The molecule has 5 nitrogen and oxygen atoms in total. The number of nitrogens with two attached hydrogens (primary N) is 1. The van der Waals surface area contributed by atoms with Gasteiger partial charge in [-0.1, -0.05) is 20.8 Å². The number of benzene rings is 1. The summed E-state index contributed by atoms with van der Waals surface area (Å²) in [5.41, 5.74) is 6.97. The highest BCUT2D eigenvalue weighted by Gasteiger charge is 2.22. The van der Waals surface area contributed by atoms with Crippen LogP contribution in [0, 0.1) is 5.41 Å². The average molecular weight is 307 g/mol. The van der Waals surface area contributed by atoms with Crippen LogP contribution in [0.2, 0.25) is 0 Å².